The quantitative estimate of drug-likeness (QED) is 0.772. The standard InChI is InChI=1S/C13H15N3O4S/c1-6-11(18)14-9(17)5-16(6)13-15-10-7(12(19)20)3-2-4-8(10)21-13/h6-7H,2-5H2,1H3,(H,19,20)(H,14,17,18). The fourth-order valence-electron chi connectivity index (χ4n) is 2.72. The van der Waals surface area contributed by atoms with Crippen molar-refractivity contribution in [3.05, 3.63) is 10.6 Å². The Labute approximate surface area is 125 Å². The molecule has 7 nitrogen and oxygen atoms in total. The molecular formula is C13H15N3O4S. The number of carbonyl (C=O) groups is 3. The highest BCUT2D eigenvalue weighted by Crippen LogP contribution is 2.38. The van der Waals surface area contributed by atoms with E-state index < -0.39 is 17.9 Å². The van der Waals surface area contributed by atoms with E-state index in [4.69, 9.17) is 0 Å². The van der Waals surface area contributed by atoms with E-state index in [9.17, 15) is 19.5 Å². The zero-order chi connectivity index (χ0) is 15.1. The molecule has 1 aromatic heterocycles. The van der Waals surface area contributed by atoms with Gasteiger partial charge in [0.15, 0.2) is 5.13 Å². The van der Waals surface area contributed by atoms with Crippen LogP contribution >= 0.6 is 11.3 Å². The number of nitrogens with one attached hydrogen (secondary N) is 1. The number of aliphatic carboxylic acids is 1. The number of thiazole rings is 1. The molecule has 8 heteroatoms. The summed E-state index contributed by atoms with van der Waals surface area (Å²) in [7, 11) is 0. The molecule has 3 rings (SSSR count). The number of hydrogen-bond donors (Lipinski definition) is 2. The number of anilines is 1. The lowest BCUT2D eigenvalue weighted by atomic mass is 9.91. The number of aromatic nitrogens is 1. The molecule has 1 aliphatic heterocycles. The lowest BCUT2D eigenvalue weighted by Gasteiger charge is -2.31. The van der Waals surface area contributed by atoms with Gasteiger partial charge in [0, 0.05) is 4.88 Å². The second-order valence-electron chi connectivity index (χ2n) is 5.30. The van der Waals surface area contributed by atoms with Crippen LogP contribution in [0.15, 0.2) is 0 Å². The Morgan fingerprint density at radius 2 is 2.24 bits per heavy atom. The van der Waals surface area contributed by atoms with E-state index in [0.29, 0.717) is 17.2 Å². The van der Waals surface area contributed by atoms with E-state index in [0.717, 1.165) is 17.7 Å². The zero-order valence-corrected chi connectivity index (χ0v) is 12.3. The fraction of sp³-hybridized carbons (Fsp3) is 0.538. The van der Waals surface area contributed by atoms with Gasteiger partial charge in [-0.25, -0.2) is 4.98 Å². The van der Waals surface area contributed by atoms with Crippen molar-refractivity contribution in [1.82, 2.24) is 10.3 Å². The summed E-state index contributed by atoms with van der Waals surface area (Å²) in [5.74, 6) is -2.16. The molecular weight excluding hydrogens is 294 g/mol. The van der Waals surface area contributed by atoms with Crippen LogP contribution in [0.3, 0.4) is 0 Å². The van der Waals surface area contributed by atoms with Crippen molar-refractivity contribution < 1.29 is 19.5 Å². The summed E-state index contributed by atoms with van der Waals surface area (Å²) in [6.45, 7) is 1.77. The summed E-state index contributed by atoms with van der Waals surface area (Å²) in [6, 6.07) is -0.487. The SMILES string of the molecule is CC1C(=O)NC(=O)CN1c1nc2c(s1)CCCC2C(=O)O. The average Bonchev–Trinajstić information content (AvgIpc) is 2.85. The smallest absolute Gasteiger partial charge is 0.312 e. The Kier molecular flexibility index (Phi) is 3.40. The molecule has 2 aliphatic rings. The maximum atomic E-state index is 11.7. The van der Waals surface area contributed by atoms with Crippen LogP contribution < -0.4 is 10.2 Å². The van der Waals surface area contributed by atoms with Crippen molar-refractivity contribution in [2.24, 2.45) is 0 Å². The van der Waals surface area contributed by atoms with Gasteiger partial charge in [0.05, 0.1) is 5.69 Å². The average molecular weight is 309 g/mol. The van der Waals surface area contributed by atoms with Crippen LogP contribution in [0.25, 0.3) is 0 Å². The first-order chi connectivity index (χ1) is 9.97. The maximum absolute atomic E-state index is 11.7. The predicted molar refractivity (Wildman–Crippen MR) is 75.4 cm³/mol. The third-order valence-corrected chi connectivity index (χ3v) is 5.08. The first-order valence-corrected chi connectivity index (χ1v) is 7.61. The molecule has 2 amide bonds. The second-order valence-corrected chi connectivity index (χ2v) is 6.37. The third kappa shape index (κ3) is 2.39. The van der Waals surface area contributed by atoms with Gasteiger partial charge in [-0.1, -0.05) is 0 Å². The summed E-state index contributed by atoms with van der Waals surface area (Å²) < 4.78 is 0. The molecule has 0 saturated carbocycles. The van der Waals surface area contributed by atoms with Crippen LogP contribution in [-0.4, -0.2) is 40.5 Å². The zero-order valence-electron chi connectivity index (χ0n) is 11.5. The van der Waals surface area contributed by atoms with Crippen LogP contribution in [0.5, 0.6) is 0 Å². The summed E-state index contributed by atoms with van der Waals surface area (Å²) >= 11 is 1.39. The third-order valence-electron chi connectivity index (χ3n) is 3.91. The number of nitrogens with zero attached hydrogens (tertiary/aromatic N) is 2. The van der Waals surface area contributed by atoms with Crippen molar-refractivity contribution in [1.29, 1.82) is 0 Å². The summed E-state index contributed by atoms with van der Waals surface area (Å²) in [6.07, 6.45) is 2.21. The summed E-state index contributed by atoms with van der Waals surface area (Å²) in [5, 5.41) is 12.1. The summed E-state index contributed by atoms with van der Waals surface area (Å²) in [5.41, 5.74) is 0.597. The molecule has 0 radical (unpaired) electrons. The minimum absolute atomic E-state index is 0.0665. The van der Waals surface area contributed by atoms with Gasteiger partial charge in [-0.15, -0.1) is 11.3 Å². The van der Waals surface area contributed by atoms with Gasteiger partial charge >= 0.3 is 5.97 Å². The van der Waals surface area contributed by atoms with E-state index in [1.165, 1.54) is 11.3 Å². The number of hydrogen-bond acceptors (Lipinski definition) is 6. The van der Waals surface area contributed by atoms with E-state index in [1.807, 2.05) is 0 Å². The van der Waals surface area contributed by atoms with E-state index in [1.54, 1.807) is 11.8 Å². The summed E-state index contributed by atoms with van der Waals surface area (Å²) in [4.78, 5) is 41.6. The largest absolute Gasteiger partial charge is 0.481 e. The highest BCUT2D eigenvalue weighted by Gasteiger charge is 2.35. The molecule has 112 valence electrons. The number of fused-ring (bicyclic) bond motifs is 1. The minimum Gasteiger partial charge on any atom is -0.481 e. The first-order valence-electron chi connectivity index (χ1n) is 6.80. The number of carbonyl (C=O) groups excluding carboxylic acids is 2. The molecule has 1 aromatic rings. The number of piperazine rings is 1. The van der Waals surface area contributed by atoms with Gasteiger partial charge in [-0.2, -0.15) is 0 Å². The van der Waals surface area contributed by atoms with Crippen LogP contribution in [-0.2, 0) is 20.8 Å². The van der Waals surface area contributed by atoms with Crippen LogP contribution in [0, 0.1) is 0 Å². The van der Waals surface area contributed by atoms with Crippen molar-refractivity contribution in [2.45, 2.75) is 38.1 Å². The molecule has 2 N–H and O–H groups in total. The van der Waals surface area contributed by atoms with Crippen LogP contribution in [0.4, 0.5) is 5.13 Å². The van der Waals surface area contributed by atoms with Gasteiger partial charge in [-0.05, 0) is 26.2 Å². The lowest BCUT2D eigenvalue weighted by Crippen LogP contribution is -2.57. The lowest BCUT2D eigenvalue weighted by molar-refractivity contribution is -0.139. The molecule has 1 saturated heterocycles. The highest BCUT2D eigenvalue weighted by atomic mass is 32.1. The molecule has 2 heterocycles. The first kappa shape index (κ1) is 14.0. The molecule has 2 atom stereocenters. The molecule has 0 aromatic carbocycles. The highest BCUT2D eigenvalue weighted by molar-refractivity contribution is 7.15. The predicted octanol–water partition coefficient (Wildman–Crippen LogP) is 0.499. The van der Waals surface area contributed by atoms with Gasteiger partial charge in [0.1, 0.15) is 18.5 Å². The van der Waals surface area contributed by atoms with Gasteiger partial charge < -0.3 is 10.0 Å². The van der Waals surface area contributed by atoms with Crippen molar-refractivity contribution >= 4 is 34.3 Å². The minimum atomic E-state index is -0.867. The normalized spacial score (nSPS) is 25.5. The van der Waals surface area contributed by atoms with Crippen molar-refractivity contribution in [2.75, 3.05) is 11.4 Å². The molecule has 2 unspecified atom stereocenters. The van der Waals surface area contributed by atoms with Gasteiger partial charge in [0.25, 0.3) is 0 Å². The number of rotatable bonds is 2. The Morgan fingerprint density at radius 3 is 2.95 bits per heavy atom. The monoisotopic (exact) mass is 309 g/mol. The Bertz CT molecular complexity index is 627. The Balaban J connectivity index is 1.95. The number of aryl methyl sites for hydroxylation is 1. The maximum Gasteiger partial charge on any atom is 0.312 e. The van der Waals surface area contributed by atoms with E-state index >= 15 is 0 Å². The van der Waals surface area contributed by atoms with Crippen LogP contribution in [0.1, 0.15) is 36.3 Å². The van der Waals surface area contributed by atoms with E-state index in [2.05, 4.69) is 10.3 Å². The van der Waals surface area contributed by atoms with Crippen molar-refractivity contribution in [3.63, 3.8) is 0 Å². The van der Waals surface area contributed by atoms with Crippen molar-refractivity contribution in [3.8, 4) is 0 Å². The number of carboxylic acids is 1. The number of carboxylic acid groups (broad SMARTS) is 1. The van der Waals surface area contributed by atoms with Crippen LogP contribution in [0.2, 0.25) is 0 Å². The second kappa shape index (κ2) is 5.10. The molecule has 0 bridgehead atoms. The number of amides is 2. The Morgan fingerprint density at radius 1 is 1.48 bits per heavy atom. The topological polar surface area (TPSA) is 99.6 Å². The van der Waals surface area contributed by atoms with E-state index in [-0.39, 0.29) is 18.4 Å². The van der Waals surface area contributed by atoms with Gasteiger partial charge in [0.2, 0.25) is 11.8 Å². The molecule has 0 spiro atoms. The Hall–Kier alpha value is -1.96. The molecule has 21 heavy (non-hydrogen) atoms. The fourth-order valence-corrected chi connectivity index (χ4v) is 3.96. The molecule has 1 aliphatic carbocycles. The van der Waals surface area contributed by atoms with Gasteiger partial charge in [-0.3, -0.25) is 19.7 Å². The number of imide groups is 1. The molecule has 1 fully saturated rings.